The molecule has 29 heavy (non-hydrogen) atoms. The van der Waals surface area contributed by atoms with Gasteiger partial charge in [0.25, 0.3) is 0 Å². The second-order valence-electron chi connectivity index (χ2n) is 7.22. The topological polar surface area (TPSA) is 65.5 Å². The van der Waals surface area contributed by atoms with E-state index < -0.39 is 0 Å². The number of nitrogens with one attached hydrogen (secondary N) is 3. The van der Waals surface area contributed by atoms with Gasteiger partial charge in [0.2, 0.25) is 5.91 Å². The molecule has 0 spiro atoms. The van der Waals surface area contributed by atoms with E-state index in [4.69, 9.17) is 0 Å². The largest absolute Gasteiger partial charge is 0.352 e. The van der Waals surface area contributed by atoms with E-state index in [1.165, 1.54) is 11.1 Å². The first kappa shape index (κ1) is 23.2. The number of nitrogens with zero attached hydrogens (tertiary/aromatic N) is 1. The average molecular weight is 506 g/mol. The van der Waals surface area contributed by atoms with Gasteiger partial charge < -0.3 is 16.0 Å². The van der Waals surface area contributed by atoms with Gasteiger partial charge in [-0.1, -0.05) is 49.7 Å². The van der Waals surface area contributed by atoms with E-state index in [0.717, 1.165) is 49.4 Å². The number of carbonyl (C=O) groups excluding carboxylic acids is 1. The van der Waals surface area contributed by atoms with Crippen molar-refractivity contribution in [2.75, 3.05) is 12.4 Å². The predicted molar refractivity (Wildman–Crippen MR) is 131 cm³/mol. The maximum absolute atomic E-state index is 12.1. The molecule has 1 fully saturated rings. The second kappa shape index (κ2) is 11.8. The fraction of sp³-hybridized carbons (Fsp3) is 0.391. The maximum atomic E-state index is 12.1. The van der Waals surface area contributed by atoms with Crippen LogP contribution in [-0.4, -0.2) is 18.9 Å². The molecule has 0 unspecified atom stereocenters. The van der Waals surface area contributed by atoms with Crippen LogP contribution in [0.2, 0.25) is 0 Å². The van der Waals surface area contributed by atoms with Gasteiger partial charge in [-0.2, -0.15) is 0 Å². The summed E-state index contributed by atoms with van der Waals surface area (Å²) >= 11 is 0. The standard InChI is InChI=1S/C23H30N4O.HI/c1-3-18-9-4-5-10-20(18)16-26-23(24-2)25-15-17-8-6-13-21(14-17)27-22(28)19-11-7-12-19;/h4-6,8-10,13-14,19H,3,7,11-12,15-16H2,1-2H3,(H,27,28)(H2,24,25,26);1H. The zero-order chi connectivity index (χ0) is 19.8. The smallest absolute Gasteiger partial charge is 0.227 e. The monoisotopic (exact) mass is 506 g/mol. The van der Waals surface area contributed by atoms with Crippen molar-refractivity contribution < 1.29 is 4.79 Å². The lowest BCUT2D eigenvalue weighted by atomic mass is 9.85. The number of carbonyl (C=O) groups is 1. The van der Waals surface area contributed by atoms with Crippen molar-refractivity contribution in [3.8, 4) is 0 Å². The number of anilines is 1. The van der Waals surface area contributed by atoms with E-state index in [0.29, 0.717) is 6.54 Å². The molecule has 0 heterocycles. The summed E-state index contributed by atoms with van der Waals surface area (Å²) in [6.45, 7) is 3.55. The van der Waals surface area contributed by atoms with Crippen LogP contribution >= 0.6 is 24.0 Å². The van der Waals surface area contributed by atoms with Crippen molar-refractivity contribution in [1.29, 1.82) is 0 Å². The summed E-state index contributed by atoms with van der Waals surface area (Å²) in [6.07, 6.45) is 4.20. The molecule has 0 bridgehead atoms. The number of rotatable bonds is 7. The third kappa shape index (κ3) is 6.73. The van der Waals surface area contributed by atoms with Gasteiger partial charge in [0.05, 0.1) is 0 Å². The minimum Gasteiger partial charge on any atom is -0.352 e. The molecule has 3 N–H and O–H groups in total. The summed E-state index contributed by atoms with van der Waals surface area (Å²) < 4.78 is 0. The van der Waals surface area contributed by atoms with Gasteiger partial charge in [-0.25, -0.2) is 0 Å². The van der Waals surface area contributed by atoms with Crippen molar-refractivity contribution >= 4 is 41.5 Å². The normalized spacial score (nSPS) is 13.8. The molecule has 0 aromatic heterocycles. The summed E-state index contributed by atoms with van der Waals surface area (Å²) in [5, 5.41) is 9.75. The highest BCUT2D eigenvalue weighted by Gasteiger charge is 2.25. The van der Waals surface area contributed by atoms with Crippen LogP contribution < -0.4 is 16.0 Å². The molecule has 6 heteroatoms. The third-order valence-electron chi connectivity index (χ3n) is 5.30. The summed E-state index contributed by atoms with van der Waals surface area (Å²) in [6, 6.07) is 16.4. The number of benzene rings is 2. The first-order chi connectivity index (χ1) is 13.7. The van der Waals surface area contributed by atoms with Crippen LogP contribution in [0.1, 0.15) is 42.9 Å². The molecule has 156 valence electrons. The molecule has 5 nitrogen and oxygen atoms in total. The molecule has 2 aromatic carbocycles. The Bertz CT molecular complexity index is 833. The van der Waals surface area contributed by atoms with E-state index in [2.05, 4.69) is 52.1 Å². The Morgan fingerprint density at radius 3 is 2.41 bits per heavy atom. The fourth-order valence-corrected chi connectivity index (χ4v) is 3.33. The highest BCUT2D eigenvalue weighted by atomic mass is 127. The quantitative estimate of drug-likeness (QED) is 0.295. The minimum atomic E-state index is 0. The predicted octanol–water partition coefficient (Wildman–Crippen LogP) is 4.47. The number of aryl methyl sites for hydroxylation is 1. The molecule has 2 aromatic rings. The molecular formula is C23H31IN4O. The molecule has 1 saturated carbocycles. The maximum Gasteiger partial charge on any atom is 0.227 e. The van der Waals surface area contributed by atoms with Crippen LogP contribution in [0, 0.1) is 5.92 Å². The van der Waals surface area contributed by atoms with Gasteiger partial charge >= 0.3 is 0 Å². The van der Waals surface area contributed by atoms with Gasteiger partial charge in [0, 0.05) is 31.7 Å². The van der Waals surface area contributed by atoms with Crippen molar-refractivity contribution in [3.63, 3.8) is 0 Å². The Morgan fingerprint density at radius 2 is 1.76 bits per heavy atom. The SMILES string of the molecule is CCc1ccccc1CNC(=NC)NCc1cccc(NC(=O)C2CCC2)c1.I. The molecule has 0 atom stereocenters. The third-order valence-corrected chi connectivity index (χ3v) is 5.30. The first-order valence-corrected chi connectivity index (χ1v) is 10.1. The molecule has 0 radical (unpaired) electrons. The summed E-state index contributed by atoms with van der Waals surface area (Å²) in [7, 11) is 1.77. The van der Waals surface area contributed by atoms with E-state index in [9.17, 15) is 4.79 Å². The number of halogens is 1. The van der Waals surface area contributed by atoms with Crippen LogP contribution in [0.25, 0.3) is 0 Å². The van der Waals surface area contributed by atoms with Crippen LogP contribution in [0.15, 0.2) is 53.5 Å². The van der Waals surface area contributed by atoms with Gasteiger partial charge in [-0.15, -0.1) is 24.0 Å². The fourth-order valence-electron chi connectivity index (χ4n) is 3.33. The van der Waals surface area contributed by atoms with Crippen LogP contribution in [0.3, 0.4) is 0 Å². The highest BCUT2D eigenvalue weighted by molar-refractivity contribution is 14.0. The molecule has 1 aliphatic rings. The first-order valence-electron chi connectivity index (χ1n) is 10.1. The summed E-state index contributed by atoms with van der Waals surface area (Å²) in [5.41, 5.74) is 4.59. The lowest BCUT2D eigenvalue weighted by molar-refractivity contribution is -0.122. The molecule has 1 amide bonds. The van der Waals surface area contributed by atoms with Gasteiger partial charge in [-0.05, 0) is 48.1 Å². The number of aliphatic imine (C=N–C) groups is 1. The lowest BCUT2D eigenvalue weighted by Gasteiger charge is -2.24. The van der Waals surface area contributed by atoms with E-state index in [1.54, 1.807) is 7.05 Å². The summed E-state index contributed by atoms with van der Waals surface area (Å²) in [4.78, 5) is 16.4. The summed E-state index contributed by atoms with van der Waals surface area (Å²) in [5.74, 6) is 1.09. The molecular weight excluding hydrogens is 475 g/mol. The number of hydrogen-bond donors (Lipinski definition) is 3. The Labute approximate surface area is 190 Å². The highest BCUT2D eigenvalue weighted by Crippen LogP contribution is 2.27. The lowest BCUT2D eigenvalue weighted by Crippen LogP contribution is -2.36. The van der Waals surface area contributed by atoms with Crippen molar-refractivity contribution in [2.45, 2.75) is 45.7 Å². The van der Waals surface area contributed by atoms with Gasteiger partial charge in [-0.3, -0.25) is 9.79 Å². The molecule has 3 rings (SSSR count). The Kier molecular flexibility index (Phi) is 9.44. The minimum absolute atomic E-state index is 0. The molecule has 1 aliphatic carbocycles. The van der Waals surface area contributed by atoms with Crippen LogP contribution in [-0.2, 0) is 24.3 Å². The van der Waals surface area contributed by atoms with Gasteiger partial charge in [0.15, 0.2) is 5.96 Å². The van der Waals surface area contributed by atoms with Crippen LogP contribution in [0.4, 0.5) is 5.69 Å². The van der Waals surface area contributed by atoms with E-state index in [-0.39, 0.29) is 35.8 Å². The van der Waals surface area contributed by atoms with Crippen molar-refractivity contribution in [1.82, 2.24) is 10.6 Å². The zero-order valence-electron chi connectivity index (χ0n) is 17.2. The number of hydrogen-bond acceptors (Lipinski definition) is 2. The average Bonchev–Trinajstić information content (AvgIpc) is 2.67. The van der Waals surface area contributed by atoms with E-state index in [1.807, 2.05) is 24.3 Å². The van der Waals surface area contributed by atoms with Crippen molar-refractivity contribution in [2.24, 2.45) is 10.9 Å². The van der Waals surface area contributed by atoms with E-state index >= 15 is 0 Å². The molecule has 0 aliphatic heterocycles. The van der Waals surface area contributed by atoms with Crippen molar-refractivity contribution in [3.05, 3.63) is 65.2 Å². The zero-order valence-corrected chi connectivity index (χ0v) is 19.5. The Morgan fingerprint density at radius 1 is 1.03 bits per heavy atom. The Hall–Kier alpha value is -2.09. The Balaban J connectivity index is 0.00000300. The number of amides is 1. The number of guanidine groups is 1. The molecule has 0 saturated heterocycles. The van der Waals surface area contributed by atoms with Gasteiger partial charge in [0.1, 0.15) is 0 Å². The van der Waals surface area contributed by atoms with Crippen LogP contribution in [0.5, 0.6) is 0 Å². The second-order valence-corrected chi connectivity index (χ2v) is 7.22.